The molecular formula is C20H15FN2O2. The fraction of sp³-hybridized carbons (Fsp3) is 0. The summed E-state index contributed by atoms with van der Waals surface area (Å²) in [6.45, 7) is 0. The Morgan fingerprint density at radius 3 is 1.44 bits per heavy atom. The highest BCUT2D eigenvalue weighted by Gasteiger charge is 2.13. The van der Waals surface area contributed by atoms with Gasteiger partial charge in [0.15, 0.2) is 0 Å². The van der Waals surface area contributed by atoms with Gasteiger partial charge in [-0.25, -0.2) is 4.39 Å². The smallest absolute Gasteiger partial charge is 0.255 e. The van der Waals surface area contributed by atoms with Crippen LogP contribution >= 0.6 is 0 Å². The Morgan fingerprint density at radius 2 is 1.04 bits per heavy atom. The van der Waals surface area contributed by atoms with Crippen LogP contribution in [0.5, 0.6) is 0 Å². The summed E-state index contributed by atoms with van der Waals surface area (Å²) in [5, 5.41) is 5.33. The number of hydrogen-bond donors (Lipinski definition) is 2. The predicted octanol–water partition coefficient (Wildman–Crippen LogP) is 4.33. The highest BCUT2D eigenvalue weighted by molar-refractivity contribution is 6.08. The third-order valence-electron chi connectivity index (χ3n) is 3.49. The Kier molecular flexibility index (Phi) is 4.85. The molecule has 0 saturated heterocycles. The average Bonchev–Trinajstić information content (AvgIpc) is 2.63. The zero-order valence-electron chi connectivity index (χ0n) is 13.2. The molecule has 25 heavy (non-hydrogen) atoms. The molecule has 5 heteroatoms. The first-order valence-corrected chi connectivity index (χ1v) is 7.65. The largest absolute Gasteiger partial charge is 0.322 e. The van der Waals surface area contributed by atoms with Crippen LogP contribution in [0.25, 0.3) is 0 Å². The van der Waals surface area contributed by atoms with Crippen molar-refractivity contribution in [2.24, 2.45) is 0 Å². The van der Waals surface area contributed by atoms with Gasteiger partial charge in [0.2, 0.25) is 0 Å². The molecule has 4 nitrogen and oxygen atoms in total. The Hall–Kier alpha value is -3.47. The second kappa shape index (κ2) is 7.40. The molecule has 3 rings (SSSR count). The Bertz CT molecular complexity index is 824. The van der Waals surface area contributed by atoms with E-state index in [2.05, 4.69) is 10.6 Å². The topological polar surface area (TPSA) is 58.2 Å². The number of halogens is 1. The molecule has 0 atom stereocenters. The van der Waals surface area contributed by atoms with Gasteiger partial charge in [-0.15, -0.1) is 0 Å². The van der Waals surface area contributed by atoms with Gasteiger partial charge in [-0.3, -0.25) is 9.59 Å². The van der Waals surface area contributed by atoms with Crippen molar-refractivity contribution in [1.82, 2.24) is 0 Å². The van der Waals surface area contributed by atoms with Crippen LogP contribution in [0.4, 0.5) is 15.8 Å². The summed E-state index contributed by atoms with van der Waals surface area (Å²) in [6.07, 6.45) is 0. The zero-order valence-corrected chi connectivity index (χ0v) is 13.2. The average molecular weight is 334 g/mol. The van der Waals surface area contributed by atoms with E-state index in [4.69, 9.17) is 0 Å². The summed E-state index contributed by atoms with van der Waals surface area (Å²) in [7, 11) is 0. The lowest BCUT2D eigenvalue weighted by atomic mass is 10.1. The Morgan fingerprint density at radius 1 is 0.640 bits per heavy atom. The number of rotatable bonds is 4. The number of amides is 2. The van der Waals surface area contributed by atoms with Gasteiger partial charge in [-0.2, -0.15) is 0 Å². The molecule has 2 N–H and O–H groups in total. The molecule has 0 aliphatic rings. The molecule has 3 aromatic carbocycles. The Labute approximate surface area is 144 Å². The molecule has 0 saturated carbocycles. The second-order valence-corrected chi connectivity index (χ2v) is 5.37. The van der Waals surface area contributed by atoms with E-state index in [9.17, 15) is 14.0 Å². The molecule has 0 spiro atoms. The highest BCUT2D eigenvalue weighted by atomic mass is 19.1. The molecule has 0 fully saturated rings. The van der Waals surface area contributed by atoms with Crippen LogP contribution in [0.2, 0.25) is 0 Å². The molecule has 0 aliphatic carbocycles. The lowest BCUT2D eigenvalue weighted by molar-refractivity contribution is 0.102. The van der Waals surface area contributed by atoms with Gasteiger partial charge >= 0.3 is 0 Å². The molecule has 2 amide bonds. The van der Waals surface area contributed by atoms with Crippen LogP contribution in [0.3, 0.4) is 0 Å². The number of anilines is 2. The standard InChI is InChI=1S/C20H15FN2O2/c21-16-12-14(19(24)22-17-7-3-1-4-8-17)11-15(13-16)20(25)23-18-9-5-2-6-10-18/h1-13H,(H,22,24)(H,23,25). The maximum Gasteiger partial charge on any atom is 0.255 e. The van der Waals surface area contributed by atoms with E-state index in [1.54, 1.807) is 48.5 Å². The fourth-order valence-corrected chi connectivity index (χ4v) is 2.30. The maximum absolute atomic E-state index is 13.9. The van der Waals surface area contributed by atoms with Crippen LogP contribution in [-0.4, -0.2) is 11.8 Å². The molecule has 124 valence electrons. The first-order valence-electron chi connectivity index (χ1n) is 7.65. The summed E-state index contributed by atoms with van der Waals surface area (Å²) in [6, 6.07) is 21.2. The number of carbonyl (C=O) groups excluding carboxylic acids is 2. The maximum atomic E-state index is 13.9. The van der Waals surface area contributed by atoms with Crippen molar-refractivity contribution in [3.05, 3.63) is 95.8 Å². The predicted molar refractivity (Wildman–Crippen MR) is 95.2 cm³/mol. The van der Waals surface area contributed by atoms with Gasteiger partial charge in [0.25, 0.3) is 11.8 Å². The minimum absolute atomic E-state index is 0.0714. The van der Waals surface area contributed by atoms with E-state index >= 15 is 0 Å². The lowest BCUT2D eigenvalue weighted by Gasteiger charge is -2.08. The van der Waals surface area contributed by atoms with Gasteiger partial charge in [0.1, 0.15) is 5.82 Å². The van der Waals surface area contributed by atoms with Gasteiger partial charge < -0.3 is 10.6 Å². The van der Waals surface area contributed by atoms with Gasteiger partial charge in [-0.1, -0.05) is 36.4 Å². The van der Waals surface area contributed by atoms with Crippen LogP contribution in [0, 0.1) is 5.82 Å². The fourth-order valence-electron chi connectivity index (χ4n) is 2.30. The van der Waals surface area contributed by atoms with E-state index in [1.807, 2.05) is 12.1 Å². The Balaban J connectivity index is 1.80. The summed E-state index contributed by atoms with van der Waals surface area (Å²) in [4.78, 5) is 24.6. The van der Waals surface area contributed by atoms with Gasteiger partial charge in [0.05, 0.1) is 0 Å². The van der Waals surface area contributed by atoms with Crippen molar-refractivity contribution in [2.75, 3.05) is 10.6 Å². The summed E-state index contributed by atoms with van der Waals surface area (Å²) >= 11 is 0. The summed E-state index contributed by atoms with van der Waals surface area (Å²) in [5.74, 6) is -1.63. The van der Waals surface area contributed by atoms with Crippen molar-refractivity contribution >= 4 is 23.2 Å². The monoisotopic (exact) mass is 334 g/mol. The highest BCUT2D eigenvalue weighted by Crippen LogP contribution is 2.15. The second-order valence-electron chi connectivity index (χ2n) is 5.37. The van der Waals surface area contributed by atoms with Gasteiger partial charge in [-0.05, 0) is 42.5 Å². The number of nitrogens with one attached hydrogen (secondary N) is 2. The zero-order chi connectivity index (χ0) is 17.6. The summed E-state index contributed by atoms with van der Waals surface area (Å²) in [5.41, 5.74) is 1.32. The van der Waals surface area contributed by atoms with Crippen molar-refractivity contribution in [1.29, 1.82) is 0 Å². The molecule has 0 bridgehead atoms. The van der Waals surface area contributed by atoms with E-state index < -0.39 is 17.6 Å². The van der Waals surface area contributed by atoms with Crippen LogP contribution in [0.1, 0.15) is 20.7 Å². The number of carbonyl (C=O) groups is 2. The van der Waals surface area contributed by atoms with Crippen molar-refractivity contribution < 1.29 is 14.0 Å². The molecular weight excluding hydrogens is 319 g/mol. The number of hydrogen-bond acceptors (Lipinski definition) is 2. The summed E-state index contributed by atoms with van der Waals surface area (Å²) < 4.78 is 13.9. The van der Waals surface area contributed by atoms with Crippen LogP contribution in [-0.2, 0) is 0 Å². The molecule has 0 aliphatic heterocycles. The van der Waals surface area contributed by atoms with E-state index in [1.165, 1.54) is 6.07 Å². The van der Waals surface area contributed by atoms with Crippen LogP contribution in [0.15, 0.2) is 78.9 Å². The minimum Gasteiger partial charge on any atom is -0.322 e. The van der Waals surface area contributed by atoms with Crippen molar-refractivity contribution in [3.63, 3.8) is 0 Å². The first-order chi connectivity index (χ1) is 12.1. The molecule has 0 heterocycles. The molecule has 0 unspecified atom stereocenters. The normalized spacial score (nSPS) is 10.1. The van der Waals surface area contributed by atoms with Crippen molar-refractivity contribution in [2.45, 2.75) is 0 Å². The quantitative estimate of drug-likeness (QED) is 0.746. The number of benzene rings is 3. The van der Waals surface area contributed by atoms with Gasteiger partial charge in [0, 0.05) is 22.5 Å². The van der Waals surface area contributed by atoms with Crippen molar-refractivity contribution in [3.8, 4) is 0 Å². The minimum atomic E-state index is -0.654. The molecule has 0 aromatic heterocycles. The van der Waals surface area contributed by atoms with E-state index in [-0.39, 0.29) is 11.1 Å². The third-order valence-corrected chi connectivity index (χ3v) is 3.49. The molecule has 0 radical (unpaired) electrons. The number of para-hydroxylation sites is 2. The molecule has 3 aromatic rings. The van der Waals surface area contributed by atoms with Crippen LogP contribution < -0.4 is 10.6 Å². The SMILES string of the molecule is O=C(Nc1ccccc1)c1cc(F)cc(C(=O)Nc2ccccc2)c1. The first kappa shape index (κ1) is 16.4. The van der Waals surface area contributed by atoms with E-state index in [0.29, 0.717) is 11.4 Å². The van der Waals surface area contributed by atoms with E-state index in [0.717, 1.165) is 12.1 Å². The third kappa shape index (κ3) is 4.29. The lowest BCUT2D eigenvalue weighted by Crippen LogP contribution is -2.16.